The number of carbonyl (C=O) groups is 3. The maximum atomic E-state index is 13.2. The maximum absolute atomic E-state index is 13.2. The molecule has 3 rings (SSSR count). The van der Waals surface area contributed by atoms with E-state index in [1.54, 1.807) is 0 Å². The monoisotopic (exact) mass is 431 g/mol. The largest absolute Gasteiger partial charge is 0.504 e. The first-order valence-electron chi connectivity index (χ1n) is 11.0. The Bertz CT molecular complexity index is 900. The zero-order valence-electron chi connectivity index (χ0n) is 18.7. The molecular formula is C24H33NO6. The summed E-state index contributed by atoms with van der Waals surface area (Å²) < 4.78 is 0. The topological polar surface area (TPSA) is 124 Å². The van der Waals surface area contributed by atoms with Gasteiger partial charge < -0.3 is 20.6 Å². The number of allylic oxidation sites excluding steroid dienone is 4. The Morgan fingerprint density at radius 3 is 2.58 bits per heavy atom. The van der Waals surface area contributed by atoms with E-state index < -0.39 is 35.9 Å². The third-order valence-electron chi connectivity index (χ3n) is 8.28. The van der Waals surface area contributed by atoms with Crippen LogP contribution in [0.4, 0.5) is 0 Å². The molecule has 5 atom stereocenters. The summed E-state index contributed by atoms with van der Waals surface area (Å²) in [6.45, 7) is 8.03. The van der Waals surface area contributed by atoms with Crippen LogP contribution >= 0.6 is 0 Å². The number of hydrogen-bond donors (Lipinski definition) is 4. The molecule has 0 heterocycles. The van der Waals surface area contributed by atoms with Gasteiger partial charge in [0.2, 0.25) is 11.6 Å². The second kappa shape index (κ2) is 8.26. The molecule has 7 heteroatoms. The number of carboxylic acid groups (broad SMARTS) is 1. The van der Waals surface area contributed by atoms with Crippen LogP contribution in [0.15, 0.2) is 34.8 Å². The zero-order chi connectivity index (χ0) is 23.1. The molecule has 7 nitrogen and oxygen atoms in total. The SMILES string of the molecule is CC1=CCC[C@H]2[C@](C)(CC3=C(O)C(=O)C=C(N[C@@H](CO)C(=O)O)C3=O)[C@@H](C)CC[C@]12C. The van der Waals surface area contributed by atoms with Crippen LogP contribution in [-0.4, -0.2) is 45.5 Å². The molecule has 0 amide bonds. The average Bonchev–Trinajstić information content (AvgIpc) is 2.71. The minimum atomic E-state index is -1.41. The highest BCUT2D eigenvalue weighted by Gasteiger charge is 2.54. The Hall–Kier alpha value is -2.41. The van der Waals surface area contributed by atoms with E-state index in [0.29, 0.717) is 5.92 Å². The van der Waals surface area contributed by atoms with Gasteiger partial charge in [0.25, 0.3) is 0 Å². The second-order valence-corrected chi connectivity index (χ2v) is 9.85. The molecule has 0 spiro atoms. The molecule has 170 valence electrons. The van der Waals surface area contributed by atoms with Gasteiger partial charge in [-0.1, -0.05) is 32.4 Å². The van der Waals surface area contributed by atoms with Gasteiger partial charge in [-0.25, -0.2) is 4.79 Å². The number of Topliss-reactive ketones (excluding diaryl/α,β-unsaturated/α-hetero) is 1. The molecule has 0 saturated heterocycles. The third-order valence-corrected chi connectivity index (χ3v) is 8.28. The number of ketones is 2. The molecular weight excluding hydrogens is 398 g/mol. The molecule has 4 N–H and O–H groups in total. The van der Waals surface area contributed by atoms with Crippen LogP contribution < -0.4 is 5.32 Å². The second-order valence-electron chi connectivity index (χ2n) is 9.85. The molecule has 0 aromatic carbocycles. The van der Waals surface area contributed by atoms with Crippen molar-refractivity contribution in [3.63, 3.8) is 0 Å². The molecule has 3 aliphatic carbocycles. The molecule has 31 heavy (non-hydrogen) atoms. The average molecular weight is 432 g/mol. The summed E-state index contributed by atoms with van der Waals surface area (Å²) in [6, 6.07) is -1.41. The summed E-state index contributed by atoms with van der Waals surface area (Å²) >= 11 is 0. The minimum Gasteiger partial charge on any atom is -0.504 e. The first-order chi connectivity index (χ1) is 14.5. The van der Waals surface area contributed by atoms with E-state index in [1.165, 1.54) is 5.57 Å². The lowest BCUT2D eigenvalue weighted by atomic mass is 9.46. The summed E-state index contributed by atoms with van der Waals surface area (Å²) in [5.74, 6) is -2.63. The molecule has 0 aliphatic heterocycles. The van der Waals surface area contributed by atoms with Gasteiger partial charge in [0, 0.05) is 11.6 Å². The Morgan fingerprint density at radius 2 is 1.97 bits per heavy atom. The van der Waals surface area contributed by atoms with Gasteiger partial charge in [-0.3, -0.25) is 9.59 Å². The number of fused-ring (bicyclic) bond motifs is 1. The van der Waals surface area contributed by atoms with E-state index in [4.69, 9.17) is 0 Å². The van der Waals surface area contributed by atoms with Crippen LogP contribution in [0.2, 0.25) is 0 Å². The van der Waals surface area contributed by atoms with E-state index in [9.17, 15) is 29.7 Å². The van der Waals surface area contributed by atoms with Crippen molar-refractivity contribution >= 4 is 17.5 Å². The van der Waals surface area contributed by atoms with Crippen molar-refractivity contribution in [2.45, 2.75) is 65.8 Å². The molecule has 1 fully saturated rings. The predicted octanol–water partition coefficient (Wildman–Crippen LogP) is 3.06. The summed E-state index contributed by atoms with van der Waals surface area (Å²) in [6.07, 6.45) is 7.46. The fourth-order valence-electron chi connectivity index (χ4n) is 5.92. The van der Waals surface area contributed by atoms with Crippen molar-refractivity contribution in [1.29, 1.82) is 0 Å². The highest BCUT2D eigenvalue weighted by Crippen LogP contribution is 2.62. The first-order valence-corrected chi connectivity index (χ1v) is 11.0. The number of nitrogens with one attached hydrogen (secondary N) is 1. The number of aliphatic carboxylic acids is 1. The quantitative estimate of drug-likeness (QED) is 0.376. The highest BCUT2D eigenvalue weighted by atomic mass is 16.4. The normalized spacial score (nSPS) is 34.6. The third kappa shape index (κ3) is 3.84. The van der Waals surface area contributed by atoms with Crippen molar-refractivity contribution in [1.82, 2.24) is 5.32 Å². The number of carbonyl (C=O) groups excluding carboxylic acids is 2. The van der Waals surface area contributed by atoms with Crippen molar-refractivity contribution in [3.8, 4) is 0 Å². The molecule has 0 aromatic rings. The van der Waals surface area contributed by atoms with E-state index >= 15 is 0 Å². The van der Waals surface area contributed by atoms with Gasteiger partial charge >= 0.3 is 5.97 Å². The van der Waals surface area contributed by atoms with Crippen molar-refractivity contribution < 1.29 is 29.7 Å². The van der Waals surface area contributed by atoms with Gasteiger partial charge in [0.15, 0.2) is 5.76 Å². The van der Waals surface area contributed by atoms with Gasteiger partial charge in [-0.15, -0.1) is 0 Å². The van der Waals surface area contributed by atoms with E-state index in [0.717, 1.165) is 31.8 Å². The fourth-order valence-corrected chi connectivity index (χ4v) is 5.92. The molecule has 0 bridgehead atoms. The molecule has 0 unspecified atom stereocenters. The molecule has 1 saturated carbocycles. The summed E-state index contributed by atoms with van der Waals surface area (Å²) in [5, 5.41) is 31.4. The lowest BCUT2D eigenvalue weighted by molar-refractivity contribution is -0.140. The Kier molecular flexibility index (Phi) is 6.20. The van der Waals surface area contributed by atoms with Gasteiger partial charge in [0.05, 0.1) is 12.3 Å². The number of hydrogen-bond acceptors (Lipinski definition) is 6. The first kappa shape index (κ1) is 23.3. The number of rotatable bonds is 6. The van der Waals surface area contributed by atoms with Crippen LogP contribution in [0.3, 0.4) is 0 Å². The standard InChI is InChI=1S/C24H33NO6/c1-13-6-5-7-19-23(13,3)9-8-14(2)24(19,4)11-15-20(28)16(10-18(27)21(15)29)25-17(12-26)22(30)31/h6,10,14,17,19,25-26,29H,5,7-9,11-12H2,1-4H3,(H,30,31)/t14-,17-,19+,23+,24+/m0/s1. The smallest absolute Gasteiger partial charge is 0.328 e. The van der Waals surface area contributed by atoms with Crippen LogP contribution in [0.1, 0.15) is 59.8 Å². The van der Waals surface area contributed by atoms with Crippen LogP contribution in [0.25, 0.3) is 0 Å². The lowest BCUT2D eigenvalue weighted by Crippen LogP contribution is -2.50. The Labute approximate surface area is 182 Å². The summed E-state index contributed by atoms with van der Waals surface area (Å²) in [7, 11) is 0. The van der Waals surface area contributed by atoms with Gasteiger partial charge in [-0.05, 0) is 61.7 Å². The minimum absolute atomic E-state index is 0.0135. The van der Waals surface area contributed by atoms with Gasteiger partial charge in [0.1, 0.15) is 6.04 Å². The lowest BCUT2D eigenvalue weighted by Gasteiger charge is -2.58. The van der Waals surface area contributed by atoms with Gasteiger partial charge in [-0.2, -0.15) is 0 Å². The van der Waals surface area contributed by atoms with Crippen molar-refractivity contribution in [2.24, 2.45) is 22.7 Å². The maximum Gasteiger partial charge on any atom is 0.328 e. The zero-order valence-corrected chi connectivity index (χ0v) is 18.7. The van der Waals surface area contributed by atoms with Crippen molar-refractivity contribution in [2.75, 3.05) is 6.61 Å². The number of aliphatic hydroxyl groups excluding tert-OH is 2. The van der Waals surface area contributed by atoms with E-state index in [2.05, 4.69) is 39.1 Å². The summed E-state index contributed by atoms with van der Waals surface area (Å²) in [5.41, 5.74) is 0.893. The summed E-state index contributed by atoms with van der Waals surface area (Å²) in [4.78, 5) is 36.9. The van der Waals surface area contributed by atoms with E-state index in [1.807, 2.05) is 0 Å². The molecule has 0 radical (unpaired) electrons. The van der Waals surface area contributed by atoms with Crippen LogP contribution in [-0.2, 0) is 14.4 Å². The highest BCUT2D eigenvalue weighted by molar-refractivity contribution is 6.21. The number of carboxylic acids is 1. The molecule has 3 aliphatic rings. The van der Waals surface area contributed by atoms with Crippen molar-refractivity contribution in [3.05, 3.63) is 34.8 Å². The Balaban J connectivity index is 1.95. The van der Waals surface area contributed by atoms with Crippen LogP contribution in [0.5, 0.6) is 0 Å². The van der Waals surface area contributed by atoms with E-state index in [-0.39, 0.29) is 34.4 Å². The fraction of sp³-hybridized carbons (Fsp3) is 0.625. The molecule has 0 aromatic heterocycles. The van der Waals surface area contributed by atoms with Crippen LogP contribution in [0, 0.1) is 22.7 Å². The Morgan fingerprint density at radius 1 is 1.29 bits per heavy atom. The predicted molar refractivity (Wildman–Crippen MR) is 115 cm³/mol. The number of aliphatic hydroxyl groups is 2.